The molecule has 0 aliphatic carbocycles. The number of nitrogens with one attached hydrogen (secondary N) is 2. The fourth-order valence-corrected chi connectivity index (χ4v) is 2.91. The molecule has 0 saturated carbocycles. The lowest BCUT2D eigenvalue weighted by atomic mass is 10.3. The monoisotopic (exact) mass is 387 g/mol. The number of benzene rings is 2. The summed E-state index contributed by atoms with van der Waals surface area (Å²) >= 11 is 3.45. The molecule has 2 heterocycles. The van der Waals surface area contributed by atoms with Crippen LogP contribution in [0.1, 0.15) is 0 Å². The highest BCUT2D eigenvalue weighted by Gasteiger charge is 2.11. The number of nitrogens with zero attached hydrogens (tertiary/aromatic N) is 3. The molecule has 0 saturated heterocycles. The number of methoxy groups -OCH3 is 2. The number of H-pyrrole nitrogens is 1. The summed E-state index contributed by atoms with van der Waals surface area (Å²) in [6.07, 6.45) is 0. The highest BCUT2D eigenvalue weighted by Crippen LogP contribution is 2.31. The van der Waals surface area contributed by atoms with E-state index < -0.39 is 0 Å². The van der Waals surface area contributed by atoms with Crippen LogP contribution in [0.4, 0.5) is 11.6 Å². The molecule has 0 atom stereocenters. The molecule has 122 valence electrons. The Kier molecular flexibility index (Phi) is 3.53. The van der Waals surface area contributed by atoms with Gasteiger partial charge >= 0.3 is 0 Å². The Morgan fingerprint density at radius 3 is 2.67 bits per heavy atom. The molecular formula is C16H14BrN5O2. The molecule has 0 aliphatic rings. The topological polar surface area (TPSA) is 76.5 Å². The van der Waals surface area contributed by atoms with Gasteiger partial charge in [-0.1, -0.05) is 15.9 Å². The summed E-state index contributed by atoms with van der Waals surface area (Å²) in [5.41, 5.74) is 2.67. The smallest absolute Gasteiger partial charge is 0.253 e. The Bertz CT molecular complexity index is 1040. The third-order valence-corrected chi connectivity index (χ3v) is 4.17. The van der Waals surface area contributed by atoms with Crippen molar-refractivity contribution in [3.8, 4) is 11.5 Å². The van der Waals surface area contributed by atoms with Crippen molar-refractivity contribution in [2.75, 3.05) is 19.5 Å². The van der Waals surface area contributed by atoms with E-state index in [9.17, 15) is 0 Å². The van der Waals surface area contributed by atoms with Gasteiger partial charge in [0.2, 0.25) is 5.95 Å². The molecule has 24 heavy (non-hydrogen) atoms. The number of aromatic amines is 1. The molecule has 2 aromatic heterocycles. The number of anilines is 2. The predicted octanol–water partition coefficient (Wildman–Crippen LogP) is 3.73. The lowest BCUT2D eigenvalue weighted by Gasteiger charge is -2.09. The molecule has 2 aromatic carbocycles. The van der Waals surface area contributed by atoms with Crippen molar-refractivity contribution >= 4 is 44.4 Å². The first-order valence-corrected chi connectivity index (χ1v) is 8.00. The first kappa shape index (κ1) is 14.8. The number of halogens is 1. The van der Waals surface area contributed by atoms with Gasteiger partial charge in [-0.3, -0.25) is 5.10 Å². The van der Waals surface area contributed by atoms with E-state index in [2.05, 4.69) is 36.3 Å². The van der Waals surface area contributed by atoms with Crippen LogP contribution in [0.5, 0.6) is 11.5 Å². The van der Waals surface area contributed by atoms with Gasteiger partial charge in [0.05, 0.1) is 25.3 Å². The van der Waals surface area contributed by atoms with Crippen molar-refractivity contribution in [1.29, 1.82) is 0 Å². The second-order valence-electron chi connectivity index (χ2n) is 5.15. The Morgan fingerprint density at radius 2 is 1.88 bits per heavy atom. The minimum atomic E-state index is 0.592. The molecule has 8 heteroatoms. The van der Waals surface area contributed by atoms with E-state index in [0.29, 0.717) is 23.2 Å². The summed E-state index contributed by atoms with van der Waals surface area (Å²) in [6.45, 7) is 0. The van der Waals surface area contributed by atoms with Gasteiger partial charge in [0.15, 0.2) is 11.5 Å². The standard InChI is InChI=1S/C16H14BrN5O2/c1-23-13-6-4-10(8-14(13)24-2)18-15-20-16-19-11-7-9(17)3-5-12(11)22(16)21-15/h3-8H,1-2H3,(H2,18,19,20,21). The van der Waals surface area contributed by atoms with Crippen LogP contribution in [0, 0.1) is 0 Å². The van der Waals surface area contributed by atoms with Crippen LogP contribution in [0.15, 0.2) is 40.9 Å². The normalized spacial score (nSPS) is 11.1. The van der Waals surface area contributed by atoms with Gasteiger partial charge in [0, 0.05) is 16.2 Å². The second-order valence-corrected chi connectivity index (χ2v) is 6.06. The fourth-order valence-electron chi connectivity index (χ4n) is 2.56. The third-order valence-electron chi connectivity index (χ3n) is 3.67. The van der Waals surface area contributed by atoms with Crippen molar-refractivity contribution in [3.63, 3.8) is 0 Å². The molecule has 0 amide bonds. The van der Waals surface area contributed by atoms with Crippen molar-refractivity contribution < 1.29 is 9.47 Å². The number of fused-ring (bicyclic) bond motifs is 3. The number of rotatable bonds is 4. The SMILES string of the molecule is COc1ccc(Nc2nc3nc4cc(Br)ccc4n3[nH]2)cc1OC. The van der Waals surface area contributed by atoms with E-state index >= 15 is 0 Å². The second kappa shape index (κ2) is 5.72. The van der Waals surface area contributed by atoms with E-state index in [-0.39, 0.29) is 0 Å². The van der Waals surface area contributed by atoms with E-state index in [1.54, 1.807) is 14.2 Å². The minimum Gasteiger partial charge on any atom is -0.493 e. The third kappa shape index (κ3) is 2.44. The molecule has 4 aromatic rings. The maximum absolute atomic E-state index is 5.31. The first-order valence-electron chi connectivity index (χ1n) is 7.21. The molecule has 2 N–H and O–H groups in total. The lowest BCUT2D eigenvalue weighted by Crippen LogP contribution is -1.96. The van der Waals surface area contributed by atoms with Gasteiger partial charge in [0.25, 0.3) is 5.78 Å². The van der Waals surface area contributed by atoms with Gasteiger partial charge in [0.1, 0.15) is 0 Å². The first-order chi connectivity index (χ1) is 11.7. The predicted molar refractivity (Wildman–Crippen MR) is 95.4 cm³/mol. The highest BCUT2D eigenvalue weighted by atomic mass is 79.9. The van der Waals surface area contributed by atoms with Crippen molar-refractivity contribution in [2.45, 2.75) is 0 Å². The zero-order chi connectivity index (χ0) is 16.7. The molecule has 7 nitrogen and oxygen atoms in total. The Labute approximate surface area is 145 Å². The molecule has 0 unspecified atom stereocenters. The fraction of sp³-hybridized carbons (Fsp3) is 0.125. The summed E-state index contributed by atoms with van der Waals surface area (Å²) in [4.78, 5) is 8.98. The van der Waals surface area contributed by atoms with Crippen LogP contribution in [-0.2, 0) is 0 Å². The van der Waals surface area contributed by atoms with E-state index in [0.717, 1.165) is 21.2 Å². The summed E-state index contributed by atoms with van der Waals surface area (Å²) in [5, 5.41) is 6.41. The zero-order valence-electron chi connectivity index (χ0n) is 13.0. The van der Waals surface area contributed by atoms with Gasteiger partial charge in [-0.15, -0.1) is 0 Å². The Morgan fingerprint density at radius 1 is 1.04 bits per heavy atom. The zero-order valence-corrected chi connectivity index (χ0v) is 14.6. The van der Waals surface area contributed by atoms with Gasteiger partial charge in [-0.05, 0) is 30.3 Å². The van der Waals surface area contributed by atoms with E-state index in [4.69, 9.17) is 9.47 Å². The van der Waals surface area contributed by atoms with Gasteiger partial charge in [-0.25, -0.2) is 9.50 Å². The molecule has 0 radical (unpaired) electrons. The van der Waals surface area contributed by atoms with Gasteiger partial charge < -0.3 is 14.8 Å². The molecule has 0 aliphatic heterocycles. The summed E-state index contributed by atoms with van der Waals surface area (Å²) < 4.78 is 13.4. The molecule has 4 rings (SSSR count). The molecule has 0 spiro atoms. The van der Waals surface area contributed by atoms with Crippen LogP contribution in [0.25, 0.3) is 16.8 Å². The molecule has 0 fully saturated rings. The Balaban J connectivity index is 1.70. The van der Waals surface area contributed by atoms with Crippen LogP contribution in [0.2, 0.25) is 0 Å². The maximum Gasteiger partial charge on any atom is 0.253 e. The van der Waals surface area contributed by atoms with Crippen LogP contribution in [-0.4, -0.2) is 33.8 Å². The van der Waals surface area contributed by atoms with E-state index in [1.807, 2.05) is 40.9 Å². The molecule has 0 bridgehead atoms. The largest absolute Gasteiger partial charge is 0.493 e. The number of ether oxygens (including phenoxy) is 2. The van der Waals surface area contributed by atoms with Crippen LogP contribution in [0.3, 0.4) is 0 Å². The summed E-state index contributed by atoms with van der Waals surface area (Å²) in [6, 6.07) is 11.5. The number of hydrogen-bond acceptors (Lipinski definition) is 5. The minimum absolute atomic E-state index is 0.592. The van der Waals surface area contributed by atoms with Gasteiger partial charge in [-0.2, -0.15) is 4.98 Å². The van der Waals surface area contributed by atoms with Crippen LogP contribution < -0.4 is 14.8 Å². The number of hydrogen-bond donors (Lipinski definition) is 2. The summed E-state index contributed by atoms with van der Waals surface area (Å²) in [7, 11) is 3.21. The lowest BCUT2D eigenvalue weighted by molar-refractivity contribution is 0.355. The maximum atomic E-state index is 5.31. The highest BCUT2D eigenvalue weighted by molar-refractivity contribution is 9.10. The summed E-state index contributed by atoms with van der Waals surface area (Å²) in [5.74, 6) is 2.52. The van der Waals surface area contributed by atoms with E-state index in [1.165, 1.54) is 0 Å². The van der Waals surface area contributed by atoms with Crippen molar-refractivity contribution in [3.05, 3.63) is 40.9 Å². The Hall–Kier alpha value is -2.74. The quantitative estimate of drug-likeness (QED) is 0.557. The molecular weight excluding hydrogens is 374 g/mol. The van der Waals surface area contributed by atoms with Crippen molar-refractivity contribution in [1.82, 2.24) is 19.6 Å². The average molecular weight is 388 g/mol. The average Bonchev–Trinajstić information content (AvgIpc) is 3.11. The number of aromatic nitrogens is 4. The van der Waals surface area contributed by atoms with Crippen molar-refractivity contribution in [2.24, 2.45) is 0 Å². The number of imidazole rings is 1. The van der Waals surface area contributed by atoms with Crippen LogP contribution >= 0.6 is 15.9 Å².